The summed E-state index contributed by atoms with van der Waals surface area (Å²) in [5, 5.41) is 0. The van der Waals surface area contributed by atoms with E-state index in [-0.39, 0.29) is 5.41 Å². The minimum atomic E-state index is -0.278. The quantitative estimate of drug-likeness (QED) is 0.812. The zero-order valence-corrected chi connectivity index (χ0v) is 12.0. The number of carbonyl (C=O) groups excluding carboxylic acids is 1. The molecule has 1 fully saturated rings. The van der Waals surface area contributed by atoms with E-state index in [9.17, 15) is 4.79 Å². The molecule has 2 aliphatic rings. The third-order valence-corrected chi connectivity index (χ3v) is 4.37. The number of benzene rings is 1. The van der Waals surface area contributed by atoms with Crippen molar-refractivity contribution in [3.05, 3.63) is 29.8 Å². The average molecular weight is 258 g/mol. The molecule has 0 radical (unpaired) electrons. The Morgan fingerprint density at radius 2 is 2.05 bits per heavy atom. The van der Waals surface area contributed by atoms with Crippen LogP contribution in [0.2, 0.25) is 0 Å². The number of likely N-dealkylation sites (N-methyl/N-ethyl adjacent to an activating group) is 1. The number of rotatable bonds is 2. The Morgan fingerprint density at radius 3 is 2.68 bits per heavy atom. The summed E-state index contributed by atoms with van der Waals surface area (Å²) in [7, 11) is 2.11. The lowest BCUT2D eigenvalue weighted by Crippen LogP contribution is -2.43. The molecule has 3 nitrogen and oxygen atoms in total. The summed E-state index contributed by atoms with van der Waals surface area (Å²) < 4.78 is 0. The molecule has 1 atom stereocenters. The second kappa shape index (κ2) is 4.34. The summed E-state index contributed by atoms with van der Waals surface area (Å²) in [6.07, 6.45) is 0.952. The molecule has 2 aliphatic heterocycles. The Labute approximate surface area is 115 Å². The first kappa shape index (κ1) is 12.7. The Bertz CT molecular complexity index is 511. The van der Waals surface area contributed by atoms with Crippen LogP contribution in [0, 0.1) is 5.92 Å². The van der Waals surface area contributed by atoms with Crippen molar-refractivity contribution < 1.29 is 4.79 Å². The van der Waals surface area contributed by atoms with E-state index in [0.29, 0.717) is 11.8 Å². The number of fused-ring (bicyclic) bond motifs is 2. The van der Waals surface area contributed by atoms with Gasteiger partial charge in [-0.3, -0.25) is 4.79 Å². The molecular weight excluding hydrogens is 236 g/mol. The zero-order valence-electron chi connectivity index (χ0n) is 12.0. The fraction of sp³-hybridized carbons (Fsp3) is 0.562. The minimum Gasteiger partial charge on any atom is -0.311 e. The molecule has 0 bridgehead atoms. The van der Waals surface area contributed by atoms with Gasteiger partial charge in [0.25, 0.3) is 0 Å². The van der Waals surface area contributed by atoms with E-state index in [2.05, 4.69) is 44.0 Å². The first-order chi connectivity index (χ1) is 9.04. The minimum absolute atomic E-state index is 0.278. The van der Waals surface area contributed by atoms with E-state index < -0.39 is 0 Å². The maximum Gasteiger partial charge on any atom is 0.239 e. The van der Waals surface area contributed by atoms with Crippen molar-refractivity contribution in [1.82, 2.24) is 4.90 Å². The molecule has 19 heavy (non-hydrogen) atoms. The molecule has 1 saturated heterocycles. The summed E-state index contributed by atoms with van der Waals surface area (Å²) in [4.78, 5) is 17.3. The molecular formula is C16H22N2O. The molecule has 102 valence electrons. The number of hydrogen-bond donors (Lipinski definition) is 0. The molecule has 1 amide bonds. The first-order valence-corrected chi connectivity index (χ1v) is 7.14. The summed E-state index contributed by atoms with van der Waals surface area (Å²) in [5.74, 6) is 0.804. The molecule has 1 aromatic rings. The lowest BCUT2D eigenvalue weighted by Gasteiger charge is -2.24. The van der Waals surface area contributed by atoms with Crippen molar-refractivity contribution in [2.24, 2.45) is 5.92 Å². The van der Waals surface area contributed by atoms with Crippen LogP contribution in [0.5, 0.6) is 0 Å². The lowest BCUT2D eigenvalue weighted by atomic mass is 9.81. The van der Waals surface area contributed by atoms with Crippen LogP contribution in [-0.2, 0) is 10.2 Å². The van der Waals surface area contributed by atoms with Crippen molar-refractivity contribution in [3.63, 3.8) is 0 Å². The second-order valence-corrected chi connectivity index (χ2v) is 6.40. The largest absolute Gasteiger partial charge is 0.311 e. The monoisotopic (exact) mass is 258 g/mol. The molecule has 0 N–H and O–H groups in total. The van der Waals surface area contributed by atoms with Gasteiger partial charge in [0.05, 0.1) is 5.41 Å². The lowest BCUT2D eigenvalue weighted by molar-refractivity contribution is -0.122. The van der Waals surface area contributed by atoms with Crippen LogP contribution in [0.3, 0.4) is 0 Å². The summed E-state index contributed by atoms with van der Waals surface area (Å²) in [6, 6.07) is 8.34. The maximum absolute atomic E-state index is 13.0. The Kier molecular flexibility index (Phi) is 2.90. The van der Waals surface area contributed by atoms with Gasteiger partial charge in [0, 0.05) is 18.8 Å². The van der Waals surface area contributed by atoms with Crippen LogP contribution in [0.1, 0.15) is 25.8 Å². The van der Waals surface area contributed by atoms with E-state index in [4.69, 9.17) is 0 Å². The number of anilines is 1. The van der Waals surface area contributed by atoms with Crippen molar-refractivity contribution in [2.75, 3.05) is 31.6 Å². The molecule has 0 aromatic heterocycles. The highest BCUT2D eigenvalue weighted by atomic mass is 16.2. The predicted octanol–water partition coefficient (Wildman–Crippen LogP) is 2.26. The zero-order chi connectivity index (χ0) is 13.6. The topological polar surface area (TPSA) is 23.6 Å². The SMILES string of the molecule is CC(C)CN1C(=O)[C@@]2(CCN(C)C2)c2ccccc21. The molecule has 3 heteroatoms. The number of amides is 1. The molecule has 2 heterocycles. The highest BCUT2D eigenvalue weighted by Crippen LogP contribution is 2.47. The van der Waals surface area contributed by atoms with Gasteiger partial charge in [-0.2, -0.15) is 0 Å². The number of hydrogen-bond acceptors (Lipinski definition) is 2. The van der Waals surface area contributed by atoms with Gasteiger partial charge in [0.15, 0.2) is 0 Å². The van der Waals surface area contributed by atoms with Crippen LogP contribution in [-0.4, -0.2) is 37.5 Å². The fourth-order valence-electron chi connectivity index (χ4n) is 3.54. The Balaban J connectivity index is 2.07. The Hall–Kier alpha value is -1.35. The van der Waals surface area contributed by atoms with Gasteiger partial charge >= 0.3 is 0 Å². The van der Waals surface area contributed by atoms with Gasteiger partial charge < -0.3 is 9.80 Å². The molecule has 3 rings (SSSR count). The molecule has 0 aliphatic carbocycles. The van der Waals surface area contributed by atoms with Crippen molar-refractivity contribution in [3.8, 4) is 0 Å². The van der Waals surface area contributed by atoms with Crippen LogP contribution >= 0.6 is 0 Å². The number of para-hydroxylation sites is 1. The predicted molar refractivity (Wildman–Crippen MR) is 77.4 cm³/mol. The van der Waals surface area contributed by atoms with Gasteiger partial charge in [0.1, 0.15) is 0 Å². The van der Waals surface area contributed by atoms with Crippen LogP contribution in [0.4, 0.5) is 5.69 Å². The molecule has 0 saturated carbocycles. The van der Waals surface area contributed by atoms with Crippen LogP contribution < -0.4 is 4.90 Å². The number of likely N-dealkylation sites (tertiary alicyclic amines) is 1. The van der Waals surface area contributed by atoms with Crippen molar-refractivity contribution in [2.45, 2.75) is 25.7 Å². The number of carbonyl (C=O) groups is 1. The average Bonchev–Trinajstić information content (AvgIpc) is 2.86. The first-order valence-electron chi connectivity index (χ1n) is 7.14. The third kappa shape index (κ3) is 1.79. The fourth-order valence-corrected chi connectivity index (χ4v) is 3.54. The van der Waals surface area contributed by atoms with E-state index >= 15 is 0 Å². The van der Waals surface area contributed by atoms with E-state index in [1.54, 1.807) is 0 Å². The van der Waals surface area contributed by atoms with Crippen molar-refractivity contribution in [1.29, 1.82) is 0 Å². The van der Waals surface area contributed by atoms with Crippen molar-refractivity contribution >= 4 is 11.6 Å². The van der Waals surface area contributed by atoms with Gasteiger partial charge in [-0.1, -0.05) is 32.0 Å². The van der Waals surface area contributed by atoms with Gasteiger partial charge in [-0.15, -0.1) is 0 Å². The summed E-state index contributed by atoms with van der Waals surface area (Å²) in [5.41, 5.74) is 2.10. The van der Waals surface area contributed by atoms with E-state index in [0.717, 1.165) is 31.7 Å². The molecule has 1 aromatic carbocycles. The molecule has 1 spiro atoms. The van der Waals surface area contributed by atoms with Crippen LogP contribution in [0.25, 0.3) is 0 Å². The number of nitrogens with zero attached hydrogens (tertiary/aromatic N) is 2. The van der Waals surface area contributed by atoms with E-state index in [1.807, 2.05) is 11.0 Å². The van der Waals surface area contributed by atoms with Gasteiger partial charge in [0.2, 0.25) is 5.91 Å². The third-order valence-electron chi connectivity index (χ3n) is 4.37. The van der Waals surface area contributed by atoms with E-state index in [1.165, 1.54) is 5.56 Å². The smallest absolute Gasteiger partial charge is 0.239 e. The summed E-state index contributed by atoms with van der Waals surface area (Å²) in [6.45, 7) is 7.03. The normalized spacial score (nSPS) is 26.7. The summed E-state index contributed by atoms with van der Waals surface area (Å²) >= 11 is 0. The van der Waals surface area contributed by atoms with Gasteiger partial charge in [-0.25, -0.2) is 0 Å². The van der Waals surface area contributed by atoms with Gasteiger partial charge in [-0.05, 0) is 37.6 Å². The standard InChI is InChI=1S/C16H22N2O/c1-12(2)10-18-14-7-5-4-6-13(14)16(15(18)19)8-9-17(3)11-16/h4-7,12H,8-11H2,1-3H3/t16-/m1/s1. The molecule has 0 unspecified atom stereocenters. The maximum atomic E-state index is 13.0. The highest BCUT2D eigenvalue weighted by Gasteiger charge is 2.53. The Morgan fingerprint density at radius 1 is 1.32 bits per heavy atom. The second-order valence-electron chi connectivity index (χ2n) is 6.40. The van der Waals surface area contributed by atoms with Crippen LogP contribution in [0.15, 0.2) is 24.3 Å². The highest BCUT2D eigenvalue weighted by molar-refractivity contribution is 6.08.